The van der Waals surface area contributed by atoms with Crippen molar-refractivity contribution in [1.82, 2.24) is 9.80 Å². The Morgan fingerprint density at radius 3 is 2.44 bits per heavy atom. The number of hydrogen-bond acceptors (Lipinski definition) is 3. The Hall–Kier alpha value is -0.610. The van der Waals surface area contributed by atoms with E-state index in [1.165, 1.54) is 25.7 Å². The molecule has 4 nitrogen and oxygen atoms in total. The Balaban J connectivity index is 1.97. The highest BCUT2D eigenvalue weighted by Crippen LogP contribution is 2.25. The molecule has 0 bridgehead atoms. The van der Waals surface area contributed by atoms with Crippen molar-refractivity contribution >= 4 is 5.91 Å². The first-order valence-electron chi connectivity index (χ1n) is 7.41. The summed E-state index contributed by atoms with van der Waals surface area (Å²) in [6.07, 6.45) is 7.21. The van der Waals surface area contributed by atoms with Crippen molar-refractivity contribution < 1.29 is 4.79 Å². The first-order chi connectivity index (χ1) is 8.72. The fourth-order valence-electron chi connectivity index (χ4n) is 3.26. The van der Waals surface area contributed by atoms with Gasteiger partial charge in [0.15, 0.2) is 0 Å². The molecule has 1 heterocycles. The minimum absolute atomic E-state index is 0.222. The van der Waals surface area contributed by atoms with E-state index >= 15 is 0 Å². The largest absolute Gasteiger partial charge is 0.336 e. The summed E-state index contributed by atoms with van der Waals surface area (Å²) in [6.45, 7) is 3.35. The van der Waals surface area contributed by atoms with Crippen molar-refractivity contribution in [3.05, 3.63) is 0 Å². The van der Waals surface area contributed by atoms with Gasteiger partial charge in [-0.25, -0.2) is 0 Å². The zero-order valence-corrected chi connectivity index (χ0v) is 11.6. The van der Waals surface area contributed by atoms with Crippen LogP contribution in [-0.4, -0.2) is 55.0 Å². The van der Waals surface area contributed by atoms with Gasteiger partial charge in [-0.05, 0) is 19.9 Å². The smallest absolute Gasteiger partial charge is 0.226 e. The van der Waals surface area contributed by atoms with E-state index < -0.39 is 0 Å². The number of hydrogen-bond donors (Lipinski definition) is 1. The van der Waals surface area contributed by atoms with Crippen LogP contribution in [-0.2, 0) is 4.79 Å². The van der Waals surface area contributed by atoms with Crippen molar-refractivity contribution in [2.45, 2.75) is 44.6 Å². The Bertz CT molecular complexity index is 274. The molecule has 0 spiro atoms. The van der Waals surface area contributed by atoms with Crippen LogP contribution in [0.3, 0.4) is 0 Å². The number of rotatable bonds is 2. The highest BCUT2D eigenvalue weighted by atomic mass is 16.2. The van der Waals surface area contributed by atoms with Gasteiger partial charge in [0.25, 0.3) is 0 Å². The van der Waals surface area contributed by atoms with E-state index in [0.717, 1.165) is 32.5 Å². The standard InChI is InChI=1S/C14H27N3O/c1-16-8-9-17(13(10-15)11-16)14(18)12-6-4-2-3-5-7-12/h12-13H,2-11,15H2,1H3. The molecule has 0 aromatic rings. The van der Waals surface area contributed by atoms with Crippen LogP contribution in [0.2, 0.25) is 0 Å². The van der Waals surface area contributed by atoms with Crippen molar-refractivity contribution in [3.8, 4) is 0 Å². The highest BCUT2D eigenvalue weighted by molar-refractivity contribution is 5.79. The lowest BCUT2D eigenvalue weighted by Crippen LogP contribution is -2.58. The van der Waals surface area contributed by atoms with Gasteiger partial charge in [-0.1, -0.05) is 25.7 Å². The van der Waals surface area contributed by atoms with Crippen LogP contribution in [0.1, 0.15) is 38.5 Å². The van der Waals surface area contributed by atoms with E-state index in [0.29, 0.717) is 12.5 Å². The predicted molar refractivity (Wildman–Crippen MR) is 73.2 cm³/mol. The summed E-state index contributed by atoms with van der Waals surface area (Å²) >= 11 is 0. The molecule has 1 aliphatic carbocycles. The molecule has 2 N–H and O–H groups in total. The molecule has 0 aromatic heterocycles. The molecule has 104 valence electrons. The molecule has 2 rings (SSSR count). The first-order valence-corrected chi connectivity index (χ1v) is 7.41. The maximum Gasteiger partial charge on any atom is 0.226 e. The average molecular weight is 253 g/mol. The first kappa shape index (κ1) is 13.8. The summed E-state index contributed by atoms with van der Waals surface area (Å²) < 4.78 is 0. The normalized spacial score (nSPS) is 28.1. The van der Waals surface area contributed by atoms with Crippen molar-refractivity contribution in [2.75, 3.05) is 33.2 Å². The van der Waals surface area contributed by atoms with Gasteiger partial charge in [0.05, 0.1) is 6.04 Å². The van der Waals surface area contributed by atoms with E-state index in [2.05, 4.69) is 16.8 Å². The topological polar surface area (TPSA) is 49.6 Å². The summed E-state index contributed by atoms with van der Waals surface area (Å²) in [4.78, 5) is 17.0. The molecule has 1 amide bonds. The molecule has 2 aliphatic rings. The fraction of sp³-hybridized carbons (Fsp3) is 0.929. The minimum Gasteiger partial charge on any atom is -0.336 e. The average Bonchev–Trinajstić information content (AvgIpc) is 2.66. The van der Waals surface area contributed by atoms with Gasteiger partial charge < -0.3 is 15.5 Å². The number of nitrogens with zero attached hydrogens (tertiary/aromatic N) is 2. The van der Waals surface area contributed by atoms with E-state index in [9.17, 15) is 4.79 Å². The third-order valence-corrected chi connectivity index (χ3v) is 4.45. The number of carbonyl (C=O) groups is 1. The second-order valence-electron chi connectivity index (χ2n) is 5.87. The van der Waals surface area contributed by atoms with E-state index in [1.54, 1.807) is 0 Å². The van der Waals surface area contributed by atoms with E-state index in [1.807, 2.05) is 0 Å². The van der Waals surface area contributed by atoms with Crippen molar-refractivity contribution in [1.29, 1.82) is 0 Å². The van der Waals surface area contributed by atoms with Gasteiger partial charge in [0, 0.05) is 32.1 Å². The van der Waals surface area contributed by atoms with Crippen molar-refractivity contribution in [2.24, 2.45) is 11.7 Å². The zero-order valence-electron chi connectivity index (χ0n) is 11.6. The van der Waals surface area contributed by atoms with Gasteiger partial charge in [-0.15, -0.1) is 0 Å². The Kier molecular flexibility index (Phi) is 5.01. The van der Waals surface area contributed by atoms with Crippen LogP contribution in [0.15, 0.2) is 0 Å². The molecule has 1 unspecified atom stereocenters. The van der Waals surface area contributed by atoms with Crippen LogP contribution in [0.5, 0.6) is 0 Å². The summed E-state index contributed by atoms with van der Waals surface area (Å²) in [5, 5.41) is 0. The molecule has 1 saturated carbocycles. The second-order valence-corrected chi connectivity index (χ2v) is 5.87. The molecule has 1 aliphatic heterocycles. The zero-order chi connectivity index (χ0) is 13.0. The number of piperazine rings is 1. The predicted octanol–water partition coefficient (Wildman–Crippen LogP) is 1.06. The monoisotopic (exact) mass is 253 g/mol. The molecule has 1 saturated heterocycles. The van der Waals surface area contributed by atoms with Crippen molar-refractivity contribution in [3.63, 3.8) is 0 Å². The summed E-state index contributed by atoms with van der Waals surface area (Å²) in [5.74, 6) is 0.644. The number of nitrogens with two attached hydrogens (primary N) is 1. The third-order valence-electron chi connectivity index (χ3n) is 4.45. The molecule has 2 fully saturated rings. The number of amides is 1. The van der Waals surface area contributed by atoms with Gasteiger partial charge in [-0.3, -0.25) is 4.79 Å². The SMILES string of the molecule is CN1CCN(C(=O)C2CCCCCC2)C(CN)C1. The van der Waals surface area contributed by atoms with Crippen LogP contribution in [0, 0.1) is 5.92 Å². The van der Waals surface area contributed by atoms with E-state index in [-0.39, 0.29) is 12.0 Å². The van der Waals surface area contributed by atoms with Crippen LogP contribution >= 0.6 is 0 Å². The lowest BCUT2D eigenvalue weighted by atomic mass is 9.97. The van der Waals surface area contributed by atoms with Crippen LogP contribution in [0.25, 0.3) is 0 Å². The number of carbonyl (C=O) groups excluding carboxylic acids is 1. The molecule has 1 atom stereocenters. The quantitative estimate of drug-likeness (QED) is 0.749. The molecular formula is C14H27N3O. The van der Waals surface area contributed by atoms with Gasteiger partial charge in [-0.2, -0.15) is 0 Å². The van der Waals surface area contributed by atoms with Gasteiger partial charge in [0.1, 0.15) is 0 Å². The minimum atomic E-state index is 0.222. The van der Waals surface area contributed by atoms with Crippen LogP contribution in [0.4, 0.5) is 0 Å². The maximum atomic E-state index is 12.6. The summed E-state index contributed by atoms with van der Waals surface area (Å²) in [5.41, 5.74) is 5.83. The lowest BCUT2D eigenvalue weighted by Gasteiger charge is -2.41. The molecule has 4 heteroatoms. The molecule has 0 aromatic carbocycles. The van der Waals surface area contributed by atoms with Gasteiger partial charge >= 0.3 is 0 Å². The Morgan fingerprint density at radius 2 is 1.83 bits per heavy atom. The van der Waals surface area contributed by atoms with Crippen LogP contribution < -0.4 is 5.73 Å². The van der Waals surface area contributed by atoms with Gasteiger partial charge in [0.2, 0.25) is 5.91 Å². The lowest BCUT2D eigenvalue weighted by molar-refractivity contribution is -0.140. The molecular weight excluding hydrogens is 226 g/mol. The second kappa shape index (κ2) is 6.53. The Morgan fingerprint density at radius 1 is 1.17 bits per heavy atom. The Labute approximate surface area is 110 Å². The highest BCUT2D eigenvalue weighted by Gasteiger charge is 2.32. The number of likely N-dealkylation sites (N-methyl/N-ethyl adjacent to an activating group) is 1. The molecule has 18 heavy (non-hydrogen) atoms. The van der Waals surface area contributed by atoms with E-state index in [4.69, 9.17) is 5.73 Å². The fourth-order valence-corrected chi connectivity index (χ4v) is 3.26. The third kappa shape index (κ3) is 3.23. The molecule has 0 radical (unpaired) electrons. The summed E-state index contributed by atoms with van der Waals surface area (Å²) in [7, 11) is 2.11. The summed E-state index contributed by atoms with van der Waals surface area (Å²) in [6, 6.07) is 0.222. The maximum absolute atomic E-state index is 12.6.